The topological polar surface area (TPSA) is 93.0 Å². The summed E-state index contributed by atoms with van der Waals surface area (Å²) in [6.07, 6.45) is 18.7. The van der Waals surface area contributed by atoms with E-state index in [4.69, 9.17) is 5.11 Å². The Balaban J connectivity index is 1.19. The summed E-state index contributed by atoms with van der Waals surface area (Å²) in [6, 6.07) is 0. The molecule has 0 unspecified atom stereocenters. The molecule has 0 amide bonds. The molecule has 6 aliphatic rings. The molecule has 4 N–H and O–H groups in total. The normalized spacial score (nSPS) is 44.0. The zero-order chi connectivity index (χ0) is 34.8. The van der Waals surface area contributed by atoms with Crippen LogP contribution >= 0.6 is 10.6 Å². The average Bonchev–Trinajstić information content (AvgIpc) is 3.39. The standard InChI is InChI=1S/C41H70N2O4S/c1-29(2)31-16-20-41(42-23-24-43-25-27-48(46,47)28-26-43)22-21-39(6)32(36(31)41)13-14-34-38(5)18-15-30(11-9-8-10-12-35(44)45)37(3,4)33(38)17-19-40(34,39)7/h15,31-34,36,42,46-47H,1,8-14,16-28H2,2-7H3,(H,44,45)/t31-,32+,33-,34+,36+,38-,39+,40+,41-/m0/s1. The van der Waals surface area contributed by atoms with Crippen molar-refractivity contribution >= 4 is 16.6 Å². The summed E-state index contributed by atoms with van der Waals surface area (Å²) < 4.78 is 20.2. The molecule has 0 radical (unpaired) electrons. The SMILES string of the molecule is C=C(C)[C@@H]1CC[C@]2(NCCN3CCS(O)(O)CC3)CC[C@]3(C)[C@H](CC[C@@H]4[C@@]5(C)CC=C(CCCCCC(=O)O)C(C)(C)[C@@H]5CC[C@]43C)[C@@H]12. The maximum Gasteiger partial charge on any atom is 0.303 e. The van der Waals surface area contributed by atoms with Crippen LogP contribution in [0.4, 0.5) is 0 Å². The van der Waals surface area contributed by atoms with Crippen LogP contribution in [0.25, 0.3) is 0 Å². The minimum Gasteiger partial charge on any atom is -0.481 e. The van der Waals surface area contributed by atoms with Gasteiger partial charge in [0.15, 0.2) is 0 Å². The highest BCUT2D eigenvalue weighted by atomic mass is 32.3. The van der Waals surface area contributed by atoms with Gasteiger partial charge in [0.1, 0.15) is 0 Å². The van der Waals surface area contributed by atoms with Gasteiger partial charge in [-0.05, 0) is 135 Å². The van der Waals surface area contributed by atoms with E-state index in [0.717, 1.165) is 63.7 Å². The van der Waals surface area contributed by atoms with Gasteiger partial charge in [0.2, 0.25) is 0 Å². The quantitative estimate of drug-likeness (QED) is 0.128. The zero-order valence-corrected chi connectivity index (χ0v) is 32.2. The Morgan fingerprint density at radius 1 is 0.938 bits per heavy atom. The minimum atomic E-state index is -2.35. The van der Waals surface area contributed by atoms with Crippen molar-refractivity contribution in [3.8, 4) is 0 Å². The predicted molar refractivity (Wildman–Crippen MR) is 200 cm³/mol. The van der Waals surface area contributed by atoms with E-state index in [2.05, 4.69) is 64.4 Å². The lowest BCUT2D eigenvalue weighted by Gasteiger charge is -2.72. The number of nitrogens with zero attached hydrogens (tertiary/aromatic N) is 1. The summed E-state index contributed by atoms with van der Waals surface area (Å²) in [6.45, 7) is 23.7. The van der Waals surface area contributed by atoms with Crippen LogP contribution in [0.2, 0.25) is 0 Å². The number of carboxylic acid groups (broad SMARTS) is 1. The van der Waals surface area contributed by atoms with Crippen molar-refractivity contribution in [2.75, 3.05) is 37.7 Å². The number of allylic oxidation sites excluding steroid dienone is 3. The first-order chi connectivity index (χ1) is 22.5. The molecule has 6 rings (SSSR count). The molecule has 5 aliphatic carbocycles. The molecular formula is C41H70N2O4S. The number of carbonyl (C=O) groups is 1. The highest BCUT2D eigenvalue weighted by Crippen LogP contribution is 2.76. The summed E-state index contributed by atoms with van der Waals surface area (Å²) in [4.78, 5) is 13.4. The fourth-order valence-corrected chi connectivity index (χ4v) is 15.1. The first kappa shape index (κ1) is 36.9. The second kappa shape index (κ2) is 13.3. The summed E-state index contributed by atoms with van der Waals surface area (Å²) in [5.74, 6) is 3.82. The smallest absolute Gasteiger partial charge is 0.303 e. The summed E-state index contributed by atoms with van der Waals surface area (Å²) >= 11 is 0. The van der Waals surface area contributed by atoms with E-state index in [1.165, 1.54) is 63.4 Å². The van der Waals surface area contributed by atoms with E-state index in [1.54, 1.807) is 5.57 Å². The highest BCUT2D eigenvalue weighted by Gasteiger charge is 2.70. The van der Waals surface area contributed by atoms with Crippen molar-refractivity contribution in [1.82, 2.24) is 10.2 Å². The van der Waals surface area contributed by atoms with Gasteiger partial charge in [-0.1, -0.05) is 64.8 Å². The van der Waals surface area contributed by atoms with Gasteiger partial charge in [-0.15, -0.1) is 0 Å². The molecule has 6 nitrogen and oxygen atoms in total. The Morgan fingerprint density at radius 2 is 1.67 bits per heavy atom. The van der Waals surface area contributed by atoms with Crippen molar-refractivity contribution in [2.24, 2.45) is 51.2 Å². The van der Waals surface area contributed by atoms with Crippen molar-refractivity contribution in [3.63, 3.8) is 0 Å². The molecule has 48 heavy (non-hydrogen) atoms. The number of hydrogen-bond acceptors (Lipinski definition) is 5. The van der Waals surface area contributed by atoms with Crippen LogP contribution in [0.15, 0.2) is 23.8 Å². The van der Waals surface area contributed by atoms with Gasteiger partial charge in [-0.25, -0.2) is 0 Å². The highest BCUT2D eigenvalue weighted by molar-refractivity contribution is 8.24. The van der Waals surface area contributed by atoms with E-state index >= 15 is 0 Å². The van der Waals surface area contributed by atoms with Gasteiger partial charge >= 0.3 is 5.97 Å². The lowest BCUT2D eigenvalue weighted by Crippen LogP contribution is -2.68. The molecule has 7 heteroatoms. The number of fused-ring (bicyclic) bond motifs is 7. The predicted octanol–water partition coefficient (Wildman–Crippen LogP) is 9.62. The molecular weight excluding hydrogens is 617 g/mol. The maximum absolute atomic E-state index is 11.0. The van der Waals surface area contributed by atoms with E-state index < -0.39 is 16.6 Å². The zero-order valence-electron chi connectivity index (χ0n) is 31.4. The van der Waals surface area contributed by atoms with Crippen LogP contribution in [0.3, 0.4) is 0 Å². The Hall–Kier alpha value is -0.860. The van der Waals surface area contributed by atoms with Gasteiger partial charge in [0.25, 0.3) is 0 Å². The number of hydrogen-bond donors (Lipinski definition) is 4. The third kappa shape index (κ3) is 6.20. The van der Waals surface area contributed by atoms with Gasteiger partial charge in [0.05, 0.1) is 11.5 Å². The first-order valence-corrected chi connectivity index (χ1v) is 21.7. The lowest BCUT2D eigenvalue weighted by molar-refractivity contribution is -0.221. The second-order valence-corrected chi connectivity index (χ2v) is 21.4. The van der Waals surface area contributed by atoms with Crippen LogP contribution in [-0.4, -0.2) is 68.3 Å². The summed E-state index contributed by atoms with van der Waals surface area (Å²) in [5, 5.41) is 13.3. The number of unbranched alkanes of at least 4 members (excludes halogenated alkanes) is 2. The Kier molecular flexibility index (Phi) is 10.2. The Morgan fingerprint density at radius 3 is 2.35 bits per heavy atom. The third-order valence-corrected chi connectivity index (χ3v) is 18.2. The number of aliphatic carboxylic acids is 1. The molecule has 1 heterocycles. The fraction of sp³-hybridized carbons (Fsp3) is 0.878. The molecule has 1 aliphatic heterocycles. The van der Waals surface area contributed by atoms with Crippen molar-refractivity contribution in [2.45, 2.75) is 137 Å². The number of nitrogens with one attached hydrogen (secondary N) is 1. The number of carboxylic acids is 1. The molecule has 0 bridgehead atoms. The fourth-order valence-electron chi connectivity index (χ4n) is 13.8. The first-order valence-electron chi connectivity index (χ1n) is 19.8. The van der Waals surface area contributed by atoms with E-state index in [9.17, 15) is 13.9 Å². The minimum absolute atomic E-state index is 0.200. The molecule has 4 saturated carbocycles. The van der Waals surface area contributed by atoms with Crippen LogP contribution in [-0.2, 0) is 4.79 Å². The number of rotatable bonds is 11. The monoisotopic (exact) mass is 687 g/mol. The molecule has 274 valence electrons. The average molecular weight is 687 g/mol. The maximum atomic E-state index is 11.0. The van der Waals surface area contributed by atoms with Gasteiger partial charge < -0.3 is 10.4 Å². The van der Waals surface area contributed by atoms with Crippen molar-refractivity contribution < 1.29 is 19.0 Å². The third-order valence-electron chi connectivity index (χ3n) is 16.5. The lowest BCUT2D eigenvalue weighted by atomic mass is 9.33. The molecule has 1 saturated heterocycles. The summed E-state index contributed by atoms with van der Waals surface area (Å²) in [7, 11) is -2.35. The molecule has 0 aromatic carbocycles. The Labute approximate surface area is 294 Å². The van der Waals surface area contributed by atoms with Gasteiger partial charge in [-0.3, -0.25) is 18.8 Å². The Bertz CT molecular complexity index is 1250. The molecule has 0 aromatic rings. The molecule has 0 aromatic heterocycles. The molecule has 9 atom stereocenters. The van der Waals surface area contributed by atoms with Crippen molar-refractivity contribution in [1.29, 1.82) is 0 Å². The molecule has 0 spiro atoms. The van der Waals surface area contributed by atoms with Crippen molar-refractivity contribution in [3.05, 3.63) is 23.8 Å². The van der Waals surface area contributed by atoms with Crippen LogP contribution in [0, 0.1) is 51.2 Å². The van der Waals surface area contributed by atoms with E-state index in [1.807, 2.05) is 0 Å². The van der Waals surface area contributed by atoms with Crippen LogP contribution in [0.5, 0.6) is 0 Å². The largest absolute Gasteiger partial charge is 0.481 e. The van der Waals surface area contributed by atoms with E-state index in [-0.39, 0.29) is 11.0 Å². The summed E-state index contributed by atoms with van der Waals surface area (Å²) in [5.41, 5.74) is 4.43. The van der Waals surface area contributed by atoms with Gasteiger partial charge in [-0.2, -0.15) is 10.6 Å². The van der Waals surface area contributed by atoms with Crippen LogP contribution < -0.4 is 5.32 Å². The van der Waals surface area contributed by atoms with Gasteiger partial charge in [0, 0.05) is 38.1 Å². The van der Waals surface area contributed by atoms with Crippen LogP contribution in [0.1, 0.15) is 131 Å². The van der Waals surface area contributed by atoms with E-state index in [0.29, 0.717) is 51.9 Å². The molecule has 5 fully saturated rings. The second-order valence-electron chi connectivity index (χ2n) is 18.9.